The highest BCUT2D eigenvalue weighted by Gasteiger charge is 2.17. The summed E-state index contributed by atoms with van der Waals surface area (Å²) in [6.45, 7) is 4.21. The van der Waals surface area contributed by atoms with Gasteiger partial charge < -0.3 is 10.2 Å². The van der Waals surface area contributed by atoms with Gasteiger partial charge in [0, 0.05) is 5.33 Å². The number of aliphatic hydroxyl groups is 2. The second-order valence-corrected chi connectivity index (χ2v) is 4.64. The van der Waals surface area contributed by atoms with Crippen molar-refractivity contribution in [1.82, 2.24) is 0 Å². The summed E-state index contributed by atoms with van der Waals surface area (Å²) in [4.78, 5) is 0. The fourth-order valence-corrected chi connectivity index (χ4v) is 1.76. The average molecular weight is 273 g/mol. The minimum absolute atomic E-state index is 0.375. The first-order chi connectivity index (χ1) is 7.06. The molecule has 0 aliphatic rings. The molecule has 2 N–H and O–H groups in total. The number of benzene rings is 1. The Labute approximate surface area is 99.1 Å². The van der Waals surface area contributed by atoms with Gasteiger partial charge in [0.1, 0.15) is 6.10 Å². The molecule has 0 aliphatic carbocycles. The second-order valence-electron chi connectivity index (χ2n) is 3.99. The van der Waals surface area contributed by atoms with Crippen LogP contribution in [0.2, 0.25) is 0 Å². The molecule has 0 fully saturated rings. The van der Waals surface area contributed by atoms with Crippen LogP contribution in [0.25, 0.3) is 0 Å². The quantitative estimate of drug-likeness (QED) is 0.828. The van der Waals surface area contributed by atoms with Crippen molar-refractivity contribution in [2.45, 2.75) is 32.0 Å². The molecule has 2 unspecified atom stereocenters. The van der Waals surface area contributed by atoms with Crippen molar-refractivity contribution in [3.05, 3.63) is 35.4 Å². The van der Waals surface area contributed by atoms with Crippen LogP contribution in [0.5, 0.6) is 0 Å². The Kier molecular flexibility index (Phi) is 4.77. The van der Waals surface area contributed by atoms with Crippen molar-refractivity contribution >= 4 is 15.9 Å². The monoisotopic (exact) mass is 272 g/mol. The molecule has 2 atom stereocenters. The van der Waals surface area contributed by atoms with Crippen LogP contribution in [0.1, 0.15) is 37.0 Å². The van der Waals surface area contributed by atoms with E-state index < -0.39 is 12.2 Å². The van der Waals surface area contributed by atoms with Crippen molar-refractivity contribution < 1.29 is 10.2 Å². The first-order valence-electron chi connectivity index (χ1n) is 5.08. The first kappa shape index (κ1) is 12.7. The van der Waals surface area contributed by atoms with Gasteiger partial charge in [-0.1, -0.05) is 54.0 Å². The Morgan fingerprint density at radius 1 is 1.20 bits per heavy atom. The molecule has 0 heterocycles. The summed E-state index contributed by atoms with van der Waals surface area (Å²) < 4.78 is 0. The van der Waals surface area contributed by atoms with E-state index in [0.717, 1.165) is 5.56 Å². The number of alkyl halides is 1. The molecule has 1 aromatic rings. The standard InChI is InChI=1S/C12H17BrO2/c1-8(2)9-4-3-5-10(6-9)12(15)11(14)7-13/h3-6,8,11-12,14-15H,7H2,1-2H3. The minimum atomic E-state index is -0.817. The van der Waals surface area contributed by atoms with E-state index in [1.165, 1.54) is 5.56 Å². The summed E-state index contributed by atoms with van der Waals surface area (Å²) in [7, 11) is 0. The van der Waals surface area contributed by atoms with E-state index >= 15 is 0 Å². The fraction of sp³-hybridized carbons (Fsp3) is 0.500. The molecule has 1 rings (SSSR count). The van der Waals surface area contributed by atoms with Crippen LogP contribution < -0.4 is 0 Å². The van der Waals surface area contributed by atoms with E-state index in [9.17, 15) is 10.2 Å². The third-order valence-electron chi connectivity index (χ3n) is 2.44. The summed E-state index contributed by atoms with van der Waals surface area (Å²) in [5.41, 5.74) is 1.95. The van der Waals surface area contributed by atoms with Gasteiger partial charge in [-0.2, -0.15) is 0 Å². The molecule has 0 spiro atoms. The lowest BCUT2D eigenvalue weighted by Crippen LogP contribution is -2.19. The molecular formula is C12H17BrO2. The molecule has 0 aliphatic heterocycles. The lowest BCUT2D eigenvalue weighted by atomic mass is 9.97. The summed E-state index contributed by atoms with van der Waals surface area (Å²) in [6.07, 6.45) is -1.57. The van der Waals surface area contributed by atoms with Gasteiger partial charge in [0.15, 0.2) is 0 Å². The maximum atomic E-state index is 9.82. The zero-order valence-corrected chi connectivity index (χ0v) is 10.6. The zero-order chi connectivity index (χ0) is 11.4. The van der Waals surface area contributed by atoms with E-state index in [2.05, 4.69) is 29.8 Å². The number of aliphatic hydroxyl groups excluding tert-OH is 2. The minimum Gasteiger partial charge on any atom is -0.389 e. The summed E-state index contributed by atoms with van der Waals surface area (Å²) in [5, 5.41) is 19.7. The van der Waals surface area contributed by atoms with Crippen LogP contribution in [0.4, 0.5) is 0 Å². The Balaban J connectivity index is 2.90. The molecule has 0 radical (unpaired) electrons. The maximum absolute atomic E-state index is 9.82. The molecule has 15 heavy (non-hydrogen) atoms. The lowest BCUT2D eigenvalue weighted by Gasteiger charge is -2.17. The molecule has 1 aromatic carbocycles. The molecule has 2 nitrogen and oxygen atoms in total. The van der Waals surface area contributed by atoms with Crippen LogP contribution in [0.3, 0.4) is 0 Å². The van der Waals surface area contributed by atoms with E-state index in [4.69, 9.17) is 0 Å². The Morgan fingerprint density at radius 3 is 2.33 bits per heavy atom. The van der Waals surface area contributed by atoms with Gasteiger partial charge in [-0.3, -0.25) is 0 Å². The van der Waals surface area contributed by atoms with Crippen molar-refractivity contribution in [2.24, 2.45) is 0 Å². The normalized spacial score (nSPS) is 15.3. The molecule has 0 saturated heterocycles. The second kappa shape index (κ2) is 5.64. The largest absolute Gasteiger partial charge is 0.389 e. The Morgan fingerprint density at radius 2 is 1.80 bits per heavy atom. The Bertz CT molecular complexity index is 312. The van der Waals surface area contributed by atoms with E-state index in [1.807, 2.05) is 24.3 Å². The van der Waals surface area contributed by atoms with Gasteiger partial charge in [-0.15, -0.1) is 0 Å². The molecule has 0 bridgehead atoms. The van der Waals surface area contributed by atoms with Crippen LogP contribution in [-0.2, 0) is 0 Å². The van der Waals surface area contributed by atoms with Gasteiger partial charge in [0.05, 0.1) is 6.10 Å². The predicted molar refractivity (Wildman–Crippen MR) is 65.3 cm³/mol. The highest BCUT2D eigenvalue weighted by molar-refractivity contribution is 9.09. The number of halogens is 1. The fourth-order valence-electron chi connectivity index (χ4n) is 1.41. The van der Waals surface area contributed by atoms with E-state index in [1.54, 1.807) is 0 Å². The topological polar surface area (TPSA) is 40.5 Å². The van der Waals surface area contributed by atoms with Crippen molar-refractivity contribution in [1.29, 1.82) is 0 Å². The summed E-state index contributed by atoms with van der Waals surface area (Å²) >= 11 is 3.15. The van der Waals surface area contributed by atoms with E-state index in [-0.39, 0.29) is 0 Å². The molecular weight excluding hydrogens is 256 g/mol. The number of hydrogen-bond donors (Lipinski definition) is 2. The summed E-state index contributed by atoms with van der Waals surface area (Å²) in [6, 6.07) is 7.72. The SMILES string of the molecule is CC(C)c1cccc(C(O)C(O)CBr)c1. The molecule has 0 amide bonds. The van der Waals surface area contributed by atoms with Crippen molar-refractivity contribution in [2.75, 3.05) is 5.33 Å². The summed E-state index contributed by atoms with van der Waals surface area (Å²) in [5.74, 6) is 0.429. The van der Waals surface area contributed by atoms with Gasteiger partial charge >= 0.3 is 0 Å². The average Bonchev–Trinajstić information content (AvgIpc) is 2.27. The zero-order valence-electron chi connectivity index (χ0n) is 9.02. The number of rotatable bonds is 4. The third kappa shape index (κ3) is 3.30. The van der Waals surface area contributed by atoms with Crippen LogP contribution >= 0.6 is 15.9 Å². The predicted octanol–water partition coefficient (Wildman–Crippen LogP) is 2.60. The lowest BCUT2D eigenvalue weighted by molar-refractivity contribution is 0.0342. The van der Waals surface area contributed by atoms with Crippen LogP contribution in [-0.4, -0.2) is 21.6 Å². The van der Waals surface area contributed by atoms with Crippen LogP contribution in [0, 0.1) is 0 Å². The highest BCUT2D eigenvalue weighted by Crippen LogP contribution is 2.22. The van der Waals surface area contributed by atoms with Crippen molar-refractivity contribution in [3.8, 4) is 0 Å². The van der Waals surface area contributed by atoms with Gasteiger partial charge in [-0.05, 0) is 17.0 Å². The first-order valence-corrected chi connectivity index (χ1v) is 6.20. The molecule has 0 saturated carbocycles. The van der Waals surface area contributed by atoms with E-state index in [0.29, 0.717) is 11.2 Å². The number of hydrogen-bond acceptors (Lipinski definition) is 2. The molecule has 3 heteroatoms. The maximum Gasteiger partial charge on any atom is 0.106 e. The molecule has 0 aromatic heterocycles. The van der Waals surface area contributed by atoms with Gasteiger partial charge in [-0.25, -0.2) is 0 Å². The highest BCUT2D eigenvalue weighted by atomic mass is 79.9. The van der Waals surface area contributed by atoms with Crippen molar-refractivity contribution in [3.63, 3.8) is 0 Å². The smallest absolute Gasteiger partial charge is 0.106 e. The Hall–Kier alpha value is -0.380. The van der Waals surface area contributed by atoms with Gasteiger partial charge in [0.2, 0.25) is 0 Å². The van der Waals surface area contributed by atoms with Crippen LogP contribution in [0.15, 0.2) is 24.3 Å². The van der Waals surface area contributed by atoms with Gasteiger partial charge in [0.25, 0.3) is 0 Å². The molecule has 84 valence electrons. The third-order valence-corrected chi connectivity index (χ3v) is 3.10.